The Morgan fingerprint density at radius 3 is 2.94 bits per heavy atom. The topological polar surface area (TPSA) is 52.6 Å². The van der Waals surface area contributed by atoms with E-state index in [4.69, 9.17) is 4.74 Å². The SMILES string of the molecule is COC(=O)CC1OC(=O)c2c(Br)cc(F)cc21. The third-order valence-corrected chi connectivity index (χ3v) is 3.09. The first-order chi connectivity index (χ1) is 8.02. The Labute approximate surface area is 105 Å². The predicted molar refractivity (Wildman–Crippen MR) is 58.9 cm³/mol. The summed E-state index contributed by atoms with van der Waals surface area (Å²) in [4.78, 5) is 22.7. The summed E-state index contributed by atoms with van der Waals surface area (Å²) >= 11 is 3.09. The van der Waals surface area contributed by atoms with Crippen molar-refractivity contribution in [2.24, 2.45) is 0 Å². The monoisotopic (exact) mass is 302 g/mol. The van der Waals surface area contributed by atoms with Crippen LogP contribution in [0.15, 0.2) is 16.6 Å². The first-order valence-electron chi connectivity index (χ1n) is 4.79. The lowest BCUT2D eigenvalue weighted by Gasteiger charge is -2.08. The minimum absolute atomic E-state index is 0.120. The molecule has 4 nitrogen and oxygen atoms in total. The van der Waals surface area contributed by atoms with E-state index in [-0.39, 0.29) is 12.0 Å². The summed E-state index contributed by atoms with van der Waals surface area (Å²) in [5.41, 5.74) is 0.632. The molecule has 90 valence electrons. The molecule has 0 N–H and O–H groups in total. The quantitative estimate of drug-likeness (QED) is 0.787. The molecular weight excluding hydrogens is 295 g/mol. The van der Waals surface area contributed by atoms with Crippen molar-refractivity contribution in [3.63, 3.8) is 0 Å². The number of hydrogen-bond acceptors (Lipinski definition) is 4. The third kappa shape index (κ3) is 2.17. The molecule has 0 bridgehead atoms. The summed E-state index contributed by atoms with van der Waals surface area (Å²) in [7, 11) is 1.24. The molecule has 0 radical (unpaired) electrons. The van der Waals surface area contributed by atoms with Gasteiger partial charge in [-0.1, -0.05) is 0 Å². The fourth-order valence-electron chi connectivity index (χ4n) is 1.70. The molecule has 1 heterocycles. The lowest BCUT2D eigenvalue weighted by atomic mass is 10.0. The van der Waals surface area contributed by atoms with Gasteiger partial charge in [0.2, 0.25) is 0 Å². The number of carbonyl (C=O) groups is 2. The van der Waals surface area contributed by atoms with Gasteiger partial charge in [-0.15, -0.1) is 0 Å². The van der Waals surface area contributed by atoms with E-state index >= 15 is 0 Å². The van der Waals surface area contributed by atoms with Crippen LogP contribution >= 0.6 is 15.9 Å². The highest BCUT2D eigenvalue weighted by Gasteiger charge is 2.35. The van der Waals surface area contributed by atoms with E-state index in [1.54, 1.807) is 0 Å². The van der Waals surface area contributed by atoms with Crippen molar-refractivity contribution in [2.75, 3.05) is 7.11 Å². The predicted octanol–water partition coefficient (Wildman–Crippen LogP) is 2.36. The van der Waals surface area contributed by atoms with Crippen LogP contribution in [0, 0.1) is 5.82 Å². The summed E-state index contributed by atoms with van der Waals surface area (Å²) in [5, 5.41) is 0. The van der Waals surface area contributed by atoms with Crippen molar-refractivity contribution in [3.05, 3.63) is 33.5 Å². The number of methoxy groups -OCH3 is 1. The Kier molecular flexibility index (Phi) is 3.15. The lowest BCUT2D eigenvalue weighted by Crippen LogP contribution is -2.08. The van der Waals surface area contributed by atoms with E-state index in [9.17, 15) is 14.0 Å². The van der Waals surface area contributed by atoms with Crippen LogP contribution in [0.25, 0.3) is 0 Å². The summed E-state index contributed by atoms with van der Waals surface area (Å²) in [6.45, 7) is 0. The highest BCUT2D eigenvalue weighted by atomic mass is 79.9. The highest BCUT2D eigenvalue weighted by molar-refractivity contribution is 9.10. The summed E-state index contributed by atoms with van der Waals surface area (Å²) in [5.74, 6) is -1.58. The van der Waals surface area contributed by atoms with E-state index in [1.807, 2.05) is 0 Å². The van der Waals surface area contributed by atoms with E-state index < -0.39 is 23.9 Å². The van der Waals surface area contributed by atoms with Gasteiger partial charge in [0.05, 0.1) is 19.1 Å². The smallest absolute Gasteiger partial charge is 0.340 e. The Morgan fingerprint density at radius 2 is 2.29 bits per heavy atom. The van der Waals surface area contributed by atoms with Crippen LogP contribution in [-0.2, 0) is 14.3 Å². The number of fused-ring (bicyclic) bond motifs is 1. The Bertz CT molecular complexity index is 500. The van der Waals surface area contributed by atoms with Crippen molar-refractivity contribution in [2.45, 2.75) is 12.5 Å². The molecule has 0 spiro atoms. The summed E-state index contributed by atoms with van der Waals surface area (Å²) in [6.07, 6.45) is -0.901. The second kappa shape index (κ2) is 4.44. The number of hydrogen-bond donors (Lipinski definition) is 0. The number of benzene rings is 1. The number of esters is 2. The summed E-state index contributed by atoms with van der Waals surface area (Å²) < 4.78 is 23.0. The van der Waals surface area contributed by atoms with Gasteiger partial charge in [0.1, 0.15) is 11.9 Å². The molecule has 6 heteroatoms. The molecule has 0 aliphatic carbocycles. The van der Waals surface area contributed by atoms with E-state index in [2.05, 4.69) is 20.7 Å². The van der Waals surface area contributed by atoms with Crippen LogP contribution in [0.3, 0.4) is 0 Å². The molecule has 1 atom stereocenters. The largest absolute Gasteiger partial charge is 0.469 e. The van der Waals surface area contributed by atoms with Gasteiger partial charge in [-0.2, -0.15) is 0 Å². The molecule has 2 rings (SSSR count). The van der Waals surface area contributed by atoms with Gasteiger partial charge >= 0.3 is 11.9 Å². The van der Waals surface area contributed by atoms with E-state index in [1.165, 1.54) is 19.2 Å². The molecule has 17 heavy (non-hydrogen) atoms. The van der Waals surface area contributed by atoms with Crippen molar-refractivity contribution in [1.29, 1.82) is 0 Å². The van der Waals surface area contributed by atoms with Crippen LogP contribution < -0.4 is 0 Å². The zero-order valence-electron chi connectivity index (χ0n) is 8.83. The van der Waals surface area contributed by atoms with Crippen molar-refractivity contribution in [3.8, 4) is 0 Å². The number of ether oxygens (including phenoxy) is 2. The number of rotatable bonds is 2. The van der Waals surface area contributed by atoms with E-state index in [0.29, 0.717) is 10.0 Å². The maximum atomic E-state index is 13.2. The second-order valence-electron chi connectivity index (χ2n) is 3.53. The number of carbonyl (C=O) groups excluding carboxylic acids is 2. The van der Waals surface area contributed by atoms with Gasteiger partial charge < -0.3 is 9.47 Å². The Morgan fingerprint density at radius 1 is 1.59 bits per heavy atom. The van der Waals surface area contributed by atoms with Gasteiger partial charge in [-0.25, -0.2) is 9.18 Å². The normalized spacial score (nSPS) is 17.6. The lowest BCUT2D eigenvalue weighted by molar-refractivity contribution is -0.142. The highest BCUT2D eigenvalue weighted by Crippen LogP contribution is 2.37. The molecule has 1 aromatic carbocycles. The minimum atomic E-state index is -0.781. The molecular formula is C11H8BrFO4. The molecule has 0 aromatic heterocycles. The molecule has 0 saturated carbocycles. The van der Waals surface area contributed by atoms with Gasteiger partial charge in [-0.05, 0) is 28.1 Å². The van der Waals surface area contributed by atoms with Gasteiger partial charge in [-0.3, -0.25) is 4.79 Å². The fourth-order valence-corrected chi connectivity index (χ4v) is 2.31. The second-order valence-corrected chi connectivity index (χ2v) is 4.38. The first kappa shape index (κ1) is 12.0. The third-order valence-electron chi connectivity index (χ3n) is 2.47. The van der Waals surface area contributed by atoms with Crippen LogP contribution in [-0.4, -0.2) is 19.0 Å². The fraction of sp³-hybridized carbons (Fsp3) is 0.273. The molecule has 0 saturated heterocycles. The molecule has 1 aromatic rings. The average molecular weight is 303 g/mol. The molecule has 0 amide bonds. The maximum Gasteiger partial charge on any atom is 0.340 e. The average Bonchev–Trinajstić information content (AvgIpc) is 2.55. The van der Waals surface area contributed by atoms with Crippen molar-refractivity contribution < 1.29 is 23.5 Å². The van der Waals surface area contributed by atoms with Gasteiger partial charge in [0, 0.05) is 10.0 Å². The van der Waals surface area contributed by atoms with Crippen LogP contribution in [0.2, 0.25) is 0 Å². The van der Waals surface area contributed by atoms with Crippen molar-refractivity contribution >= 4 is 27.9 Å². The van der Waals surface area contributed by atoms with Gasteiger partial charge in [0.15, 0.2) is 0 Å². The van der Waals surface area contributed by atoms with Crippen LogP contribution in [0.4, 0.5) is 4.39 Å². The van der Waals surface area contributed by atoms with Gasteiger partial charge in [0.25, 0.3) is 0 Å². The first-order valence-corrected chi connectivity index (χ1v) is 5.59. The van der Waals surface area contributed by atoms with Crippen LogP contribution in [0.5, 0.6) is 0 Å². The minimum Gasteiger partial charge on any atom is -0.469 e. The Balaban J connectivity index is 2.39. The molecule has 1 aliphatic heterocycles. The zero-order chi connectivity index (χ0) is 12.6. The Hall–Kier alpha value is -1.43. The molecule has 0 fully saturated rings. The maximum absolute atomic E-state index is 13.2. The molecule has 1 unspecified atom stereocenters. The standard InChI is InChI=1S/C11H8BrFO4/c1-16-9(14)4-8-6-2-5(13)3-7(12)10(6)11(15)17-8/h2-3,8H,4H2,1H3. The van der Waals surface area contributed by atoms with Crippen molar-refractivity contribution in [1.82, 2.24) is 0 Å². The zero-order valence-corrected chi connectivity index (χ0v) is 10.4. The van der Waals surface area contributed by atoms with E-state index in [0.717, 1.165) is 0 Å². The summed E-state index contributed by atoms with van der Waals surface area (Å²) in [6, 6.07) is 2.37. The number of halogens is 2. The molecule has 1 aliphatic rings. The van der Waals surface area contributed by atoms with Crippen LogP contribution in [0.1, 0.15) is 28.4 Å². The number of cyclic esters (lactones) is 1.